The van der Waals surface area contributed by atoms with Crippen molar-refractivity contribution in [1.82, 2.24) is 93.9 Å². The van der Waals surface area contributed by atoms with Crippen LogP contribution in [-0.4, -0.2) is 89.4 Å². The van der Waals surface area contributed by atoms with Gasteiger partial charge in [-0.3, -0.25) is 53.5 Å². The zero-order chi connectivity index (χ0) is 104. The maximum atomic E-state index is 12.1. The van der Waals surface area contributed by atoms with Gasteiger partial charge in [-0.2, -0.15) is 35.7 Å². The molecule has 27 nitrogen and oxygen atoms in total. The number of aromatic nitrogens is 17. The summed E-state index contributed by atoms with van der Waals surface area (Å²) in [6.07, 6.45) is 28.8. The van der Waals surface area contributed by atoms with E-state index in [4.69, 9.17) is 0 Å². The second kappa shape index (κ2) is 63.9. The maximum absolute atomic E-state index is 12.1. The highest BCUT2D eigenvalue weighted by Crippen LogP contribution is 2.20. The molecule has 0 fully saturated rings. The molecular weight excluding hydrogens is 1720 g/mol. The molecule has 2 aliphatic rings. The molecule has 3 N–H and O–H groups in total. The van der Waals surface area contributed by atoms with Crippen molar-refractivity contribution in [3.05, 3.63) is 382 Å². The van der Waals surface area contributed by atoms with Crippen LogP contribution in [-0.2, 0) is 42.0 Å². The Morgan fingerprint density at radius 2 is 0.701 bits per heavy atom. The fourth-order valence-corrected chi connectivity index (χ4v) is 11.1. The van der Waals surface area contributed by atoms with E-state index in [0.717, 1.165) is 77.9 Å². The van der Waals surface area contributed by atoms with Crippen molar-refractivity contribution in [2.24, 2.45) is 52.2 Å². The highest BCUT2D eigenvalue weighted by molar-refractivity contribution is 5.80. The molecule has 0 saturated carbocycles. The predicted octanol–water partition coefficient (Wildman–Crippen LogP) is 21.2. The highest BCUT2D eigenvalue weighted by atomic mass is 19.1. The summed E-state index contributed by atoms with van der Waals surface area (Å²) in [5.41, 5.74) is 23.1. The summed E-state index contributed by atoms with van der Waals surface area (Å²) in [6, 6.07) is 29.4. The Bertz CT molecular complexity index is 5440. The maximum Gasteiger partial charge on any atom is 0.266 e. The number of hydrazone groups is 1. The Morgan fingerprint density at radius 1 is 0.350 bits per heavy atom. The van der Waals surface area contributed by atoms with Crippen LogP contribution in [0.15, 0.2) is 264 Å². The average Bonchev–Trinajstić information content (AvgIpc) is 0.867. The molecule has 28 heteroatoms. The molecule has 137 heavy (non-hydrogen) atoms. The monoisotopic (exact) mass is 1880 g/mol. The summed E-state index contributed by atoms with van der Waals surface area (Å²) in [7, 11) is 8.50. The minimum atomic E-state index is -0.753. The molecule has 0 saturated heterocycles. The largest absolute Gasteiger partial charge is 0.362 e. The van der Waals surface area contributed by atoms with Crippen LogP contribution in [0.2, 0.25) is 0 Å². The summed E-state index contributed by atoms with van der Waals surface area (Å²) in [5.74, 6) is 6.02. The van der Waals surface area contributed by atoms with Gasteiger partial charge in [-0.05, 0) is 239 Å². The second-order valence-electron chi connectivity index (χ2n) is 37.2. The number of halogens is 1. The third-order valence-corrected chi connectivity index (χ3v) is 20.7. The number of dihydropyridines is 1. The van der Waals surface area contributed by atoms with Gasteiger partial charge in [0.1, 0.15) is 0 Å². The number of hydrogen-bond donors (Lipinski definition) is 3. The van der Waals surface area contributed by atoms with E-state index >= 15 is 0 Å². The first kappa shape index (κ1) is 122. The van der Waals surface area contributed by atoms with Crippen LogP contribution in [0.1, 0.15) is 329 Å². The number of pyridine rings is 5. The number of aryl methyl sites for hydroxylation is 9. The smallest absolute Gasteiger partial charge is 0.266 e. The molecule has 11 aromatic rings. The van der Waals surface area contributed by atoms with Gasteiger partial charge in [-0.1, -0.05) is 193 Å². The number of rotatable bonds is 14. The van der Waals surface area contributed by atoms with Gasteiger partial charge in [0.15, 0.2) is 6.80 Å². The fourth-order valence-electron chi connectivity index (χ4n) is 11.1. The molecule has 0 amide bonds. The van der Waals surface area contributed by atoms with Gasteiger partial charge < -0.3 is 24.0 Å². The molecule has 13 heterocycles. The van der Waals surface area contributed by atoms with Gasteiger partial charge in [-0.25, -0.2) is 23.7 Å². The summed E-state index contributed by atoms with van der Waals surface area (Å²) >= 11 is 0. The molecule has 0 bridgehead atoms. The van der Waals surface area contributed by atoms with Crippen molar-refractivity contribution >= 4 is 6.21 Å². The Kier molecular flexibility index (Phi) is 56.8. The molecule has 0 radical (unpaired) electrons. The minimum absolute atomic E-state index is 0.00343. The zero-order valence-corrected chi connectivity index (χ0v) is 88.4. The number of nitrogens with one attached hydrogen (secondary N) is 3. The molecule has 0 spiro atoms. The lowest BCUT2D eigenvalue weighted by atomic mass is 10.0. The SMILES string of the molecule is C=C1C=C(C(C)C)C=CN1.C=C1C=C(C(C)C)C=NN1.CC(C)c1cc(=O)[nH]cn1.CC(C)c1cc(=O)n(C)cn1.CC(C)c1ccn(C)c(=O)c1.CC(C)c1ccn(C)c(=O)c1.CC(C)c1ccn(CF)c(=O)c1.CC(C)c1cnn(C)c(=O)c1.CC(C)c1cnn(C)c(=O)c1.Cc1cc(C(C)C)ccn1.Cc1cc(C(C)C)ccn1.Cc1cc(C(C)C)cnn1.Cc1cc(C(C)C)cnn1. The fraction of sp³-hybridized carbons (Fsp3) is 0.450. The highest BCUT2D eigenvalue weighted by Gasteiger charge is 2.10. The number of H-pyrrole nitrogens is 1. The van der Waals surface area contributed by atoms with Crippen LogP contribution in [0, 0.1) is 39.5 Å². The van der Waals surface area contributed by atoms with E-state index in [2.05, 4.69) is 244 Å². The van der Waals surface area contributed by atoms with Crippen molar-refractivity contribution in [3.8, 4) is 0 Å². The van der Waals surface area contributed by atoms with Crippen LogP contribution in [0.5, 0.6) is 0 Å². The summed E-state index contributed by atoms with van der Waals surface area (Å²) in [5, 5.41) is 30.2. The average molecular weight is 1880 g/mol. The number of allylic oxidation sites excluding steroid dienone is 5. The van der Waals surface area contributed by atoms with Gasteiger partial charge in [0.2, 0.25) is 0 Å². The molecule has 0 atom stereocenters. The number of nitrogens with zero attached hydrogens (tertiary/aromatic N) is 17. The number of alkyl halides is 1. The molecule has 0 aliphatic carbocycles. The molecule has 2 aliphatic heterocycles. The van der Waals surface area contributed by atoms with E-state index < -0.39 is 6.80 Å². The summed E-state index contributed by atoms with van der Waals surface area (Å²) < 4.78 is 20.4. The van der Waals surface area contributed by atoms with E-state index in [-0.39, 0.29) is 38.9 Å². The first-order valence-electron chi connectivity index (χ1n) is 46.8. The van der Waals surface area contributed by atoms with Crippen LogP contribution < -0.4 is 49.7 Å². The van der Waals surface area contributed by atoms with E-state index in [1.807, 2.05) is 152 Å². The summed E-state index contributed by atoms with van der Waals surface area (Å²) in [6.45, 7) is 69.2. The Hall–Kier alpha value is -13.3. The van der Waals surface area contributed by atoms with Crippen LogP contribution in [0.4, 0.5) is 4.39 Å². The van der Waals surface area contributed by atoms with Gasteiger partial charge >= 0.3 is 0 Å². The minimum Gasteiger partial charge on any atom is -0.362 e. The van der Waals surface area contributed by atoms with Crippen molar-refractivity contribution in [2.45, 2.75) is 280 Å². The third kappa shape index (κ3) is 50.2. The molecule has 744 valence electrons. The first-order valence-corrected chi connectivity index (χ1v) is 46.8. The van der Waals surface area contributed by atoms with Crippen LogP contribution in [0.25, 0.3) is 0 Å². The first-order chi connectivity index (χ1) is 64.1. The zero-order valence-electron chi connectivity index (χ0n) is 88.4. The van der Waals surface area contributed by atoms with Gasteiger partial charge in [0.05, 0.1) is 66.4 Å². The lowest BCUT2D eigenvalue weighted by Crippen LogP contribution is -2.19. The van der Waals surface area contributed by atoms with Gasteiger partial charge in [0, 0.05) is 138 Å². The van der Waals surface area contributed by atoms with Crippen LogP contribution >= 0.6 is 0 Å². The molecule has 13 rings (SSSR count). The van der Waals surface area contributed by atoms with E-state index in [9.17, 15) is 38.0 Å². The van der Waals surface area contributed by atoms with E-state index in [0.29, 0.717) is 76.9 Å². The number of aromatic amines is 1. The number of hydrogen-bond acceptors (Lipinski definition) is 20. The lowest BCUT2D eigenvalue weighted by molar-refractivity contribution is 0.368. The molecule has 0 aromatic carbocycles. The molecular formula is C109H159FN20O7. The molecule has 11 aromatic heterocycles. The van der Waals surface area contributed by atoms with Crippen molar-refractivity contribution < 1.29 is 4.39 Å². The van der Waals surface area contributed by atoms with Gasteiger partial charge in [-0.15, -0.1) is 0 Å². The summed E-state index contributed by atoms with van der Waals surface area (Å²) in [4.78, 5) is 96.0. The van der Waals surface area contributed by atoms with Crippen molar-refractivity contribution in [3.63, 3.8) is 0 Å². The van der Waals surface area contributed by atoms with Gasteiger partial charge in [0.25, 0.3) is 38.9 Å². The Balaban J connectivity index is 0.000000742. The Labute approximate surface area is 814 Å². The van der Waals surface area contributed by atoms with Crippen molar-refractivity contribution in [1.29, 1.82) is 0 Å². The standard InChI is InChI=1S/C9H12FNO.2C9H13NO.3C9H13N.3C8H12N2O.3C8H12N2.C7H10N2O/c1-7(2)8-3-4-11(6-10)9(12)5-8;2*1-7(2)8-4-5-10(3)9(11)6-8;3*1-7(2)9-4-5-10-8(3)6-9;1-6(2)7-4-8(11)10(3)5-9-7;2*1-6(2)7-4-8(11)10(3)9-5-7;3*1-6(2)8-4-7(3)10-9-5-8;1-5(2)6-3-7(10)9-4-8-6/h3-5,7H,6H2,1-2H3;2*4-7H,1-3H3;2*4-7H,1-3H3;4-7,10H,3H2,1-2H3;3*4-6H,1-3H3;2*4-6H,1-3H3;4-6,10H,3H2,1-2H3;3-5H,1-2H3,(H,8,9,10). The predicted molar refractivity (Wildman–Crippen MR) is 563 cm³/mol. The van der Waals surface area contributed by atoms with Crippen LogP contribution in [0.3, 0.4) is 0 Å². The normalized spacial score (nSPS) is 11.5. The van der Waals surface area contributed by atoms with Crippen molar-refractivity contribution in [2.75, 3.05) is 0 Å². The Morgan fingerprint density at radius 3 is 0.985 bits per heavy atom. The quantitative estimate of drug-likeness (QED) is 0.0910. The molecule has 0 unspecified atom stereocenters. The third-order valence-electron chi connectivity index (χ3n) is 20.7. The lowest BCUT2D eigenvalue weighted by Gasteiger charge is -2.12. The van der Waals surface area contributed by atoms with E-state index in [1.165, 1.54) is 72.0 Å². The topological polar surface area (TPSA) is 330 Å². The second-order valence-corrected chi connectivity index (χ2v) is 37.2. The van der Waals surface area contributed by atoms with E-state index in [1.54, 1.807) is 112 Å².